The van der Waals surface area contributed by atoms with Crippen LogP contribution in [0.1, 0.15) is 16.2 Å². The van der Waals surface area contributed by atoms with Crippen molar-refractivity contribution in [3.05, 3.63) is 64.2 Å². The molecule has 1 amide bonds. The first kappa shape index (κ1) is 17.2. The number of ether oxygens (including phenoxy) is 1. The van der Waals surface area contributed by atoms with E-state index in [1.165, 1.54) is 4.68 Å². The maximum atomic E-state index is 12.2. The van der Waals surface area contributed by atoms with Gasteiger partial charge in [-0.25, -0.2) is 14.6 Å². The normalized spacial score (nSPS) is 10.5. The smallest absolute Gasteiger partial charge is 0.278 e. The van der Waals surface area contributed by atoms with Crippen LogP contribution in [0.15, 0.2) is 42.7 Å². The van der Waals surface area contributed by atoms with Gasteiger partial charge in [0.2, 0.25) is 5.95 Å². The second kappa shape index (κ2) is 7.50. The van der Waals surface area contributed by atoms with Crippen LogP contribution in [0.2, 0.25) is 10.0 Å². The molecule has 0 aliphatic rings. The SMILES string of the molecule is Cc1ccnc(NC(=O)c2ccn(COc3c(Cl)cccc3Cl)n2)n1. The summed E-state index contributed by atoms with van der Waals surface area (Å²) in [6.45, 7) is 1.86. The quantitative estimate of drug-likeness (QED) is 0.734. The van der Waals surface area contributed by atoms with E-state index in [1.54, 1.807) is 42.7 Å². The number of para-hydroxylation sites is 1. The Morgan fingerprint density at radius 3 is 2.72 bits per heavy atom. The molecule has 0 spiro atoms. The van der Waals surface area contributed by atoms with Crippen molar-refractivity contribution in [3.8, 4) is 5.75 Å². The minimum Gasteiger partial charge on any atom is -0.468 e. The van der Waals surface area contributed by atoms with Crippen LogP contribution in [0.3, 0.4) is 0 Å². The van der Waals surface area contributed by atoms with Gasteiger partial charge in [-0.15, -0.1) is 0 Å². The summed E-state index contributed by atoms with van der Waals surface area (Å²) >= 11 is 12.1. The van der Waals surface area contributed by atoms with Gasteiger partial charge in [0, 0.05) is 18.1 Å². The zero-order valence-corrected chi connectivity index (χ0v) is 14.6. The summed E-state index contributed by atoms with van der Waals surface area (Å²) in [7, 11) is 0. The molecule has 128 valence electrons. The zero-order chi connectivity index (χ0) is 17.8. The maximum Gasteiger partial charge on any atom is 0.278 e. The van der Waals surface area contributed by atoms with Gasteiger partial charge >= 0.3 is 0 Å². The van der Waals surface area contributed by atoms with Gasteiger partial charge in [0.25, 0.3) is 5.91 Å². The van der Waals surface area contributed by atoms with Crippen molar-refractivity contribution in [2.24, 2.45) is 0 Å². The fourth-order valence-corrected chi connectivity index (χ4v) is 2.49. The molecular weight excluding hydrogens is 365 g/mol. The Bertz CT molecular complexity index is 893. The molecule has 0 saturated carbocycles. The summed E-state index contributed by atoms with van der Waals surface area (Å²) in [4.78, 5) is 20.3. The first-order valence-corrected chi connectivity index (χ1v) is 8.00. The number of nitrogens with zero attached hydrogens (tertiary/aromatic N) is 4. The molecule has 0 unspecified atom stereocenters. The van der Waals surface area contributed by atoms with Gasteiger partial charge < -0.3 is 4.74 Å². The fraction of sp³-hybridized carbons (Fsp3) is 0.125. The highest BCUT2D eigenvalue weighted by Crippen LogP contribution is 2.32. The van der Waals surface area contributed by atoms with Crippen LogP contribution >= 0.6 is 23.2 Å². The van der Waals surface area contributed by atoms with E-state index in [4.69, 9.17) is 27.9 Å². The lowest BCUT2D eigenvalue weighted by Crippen LogP contribution is -2.16. The zero-order valence-electron chi connectivity index (χ0n) is 13.1. The average Bonchev–Trinajstić information content (AvgIpc) is 3.03. The maximum absolute atomic E-state index is 12.2. The first-order chi connectivity index (χ1) is 12.0. The number of hydrogen-bond acceptors (Lipinski definition) is 5. The number of hydrogen-bond donors (Lipinski definition) is 1. The Labute approximate surface area is 153 Å². The number of nitrogens with one attached hydrogen (secondary N) is 1. The molecule has 0 aliphatic carbocycles. The van der Waals surface area contributed by atoms with E-state index in [0.717, 1.165) is 5.69 Å². The van der Waals surface area contributed by atoms with Gasteiger partial charge in [-0.1, -0.05) is 29.3 Å². The predicted molar refractivity (Wildman–Crippen MR) is 94.0 cm³/mol. The van der Waals surface area contributed by atoms with Crippen LogP contribution < -0.4 is 10.1 Å². The van der Waals surface area contributed by atoms with Crippen molar-refractivity contribution < 1.29 is 9.53 Å². The highest BCUT2D eigenvalue weighted by Gasteiger charge is 2.12. The van der Waals surface area contributed by atoms with Crippen LogP contribution in [0.25, 0.3) is 0 Å². The molecule has 3 rings (SSSR count). The number of aromatic nitrogens is 4. The Hall–Kier alpha value is -2.64. The molecule has 0 atom stereocenters. The monoisotopic (exact) mass is 377 g/mol. The highest BCUT2D eigenvalue weighted by molar-refractivity contribution is 6.37. The Morgan fingerprint density at radius 1 is 1.24 bits per heavy atom. The molecule has 0 aliphatic heterocycles. The molecule has 25 heavy (non-hydrogen) atoms. The molecule has 1 aromatic carbocycles. The largest absolute Gasteiger partial charge is 0.468 e. The number of amides is 1. The predicted octanol–water partition coefficient (Wildman–Crippen LogP) is 3.58. The molecule has 2 aromatic heterocycles. The lowest BCUT2D eigenvalue weighted by Gasteiger charge is -2.09. The van der Waals surface area contributed by atoms with Crippen molar-refractivity contribution >= 4 is 35.1 Å². The van der Waals surface area contributed by atoms with E-state index in [0.29, 0.717) is 15.8 Å². The molecule has 0 saturated heterocycles. The lowest BCUT2D eigenvalue weighted by molar-refractivity contribution is 0.101. The molecule has 0 bridgehead atoms. The van der Waals surface area contributed by atoms with Crippen molar-refractivity contribution in [1.29, 1.82) is 0 Å². The van der Waals surface area contributed by atoms with Gasteiger partial charge in [-0.2, -0.15) is 5.10 Å². The second-order valence-electron chi connectivity index (χ2n) is 5.04. The van der Waals surface area contributed by atoms with E-state index in [-0.39, 0.29) is 18.4 Å². The third kappa shape index (κ3) is 4.26. The standard InChI is InChI=1S/C16H13Cl2N5O2/c1-10-5-7-19-16(20-10)21-15(24)13-6-8-23(22-13)9-25-14-11(17)3-2-4-12(14)18/h2-8H,9H2,1H3,(H,19,20,21,24). The second-order valence-corrected chi connectivity index (χ2v) is 5.85. The van der Waals surface area contributed by atoms with Gasteiger partial charge in [-0.05, 0) is 31.2 Å². The van der Waals surface area contributed by atoms with Crippen molar-refractivity contribution in [2.45, 2.75) is 13.7 Å². The van der Waals surface area contributed by atoms with Crippen molar-refractivity contribution in [3.63, 3.8) is 0 Å². The van der Waals surface area contributed by atoms with Crippen LogP contribution in [-0.4, -0.2) is 25.7 Å². The lowest BCUT2D eigenvalue weighted by atomic mass is 10.3. The van der Waals surface area contributed by atoms with Gasteiger partial charge in [0.1, 0.15) is 0 Å². The Morgan fingerprint density at radius 2 is 2.00 bits per heavy atom. The molecule has 1 N–H and O–H groups in total. The van der Waals surface area contributed by atoms with Gasteiger partial charge in [-0.3, -0.25) is 10.1 Å². The molecule has 7 nitrogen and oxygen atoms in total. The summed E-state index contributed by atoms with van der Waals surface area (Å²) < 4.78 is 7.01. The highest BCUT2D eigenvalue weighted by atomic mass is 35.5. The Balaban J connectivity index is 1.65. The van der Waals surface area contributed by atoms with E-state index in [2.05, 4.69) is 20.4 Å². The van der Waals surface area contributed by atoms with Crippen LogP contribution in [0, 0.1) is 6.92 Å². The van der Waals surface area contributed by atoms with E-state index in [1.807, 2.05) is 6.92 Å². The van der Waals surface area contributed by atoms with Crippen LogP contribution in [0.5, 0.6) is 5.75 Å². The third-order valence-electron chi connectivity index (χ3n) is 3.15. The van der Waals surface area contributed by atoms with Gasteiger partial charge in [0.15, 0.2) is 18.2 Å². The first-order valence-electron chi connectivity index (χ1n) is 7.24. The van der Waals surface area contributed by atoms with Crippen molar-refractivity contribution in [1.82, 2.24) is 19.7 Å². The van der Waals surface area contributed by atoms with E-state index >= 15 is 0 Å². The Kier molecular flexibility index (Phi) is 5.16. The number of halogens is 2. The summed E-state index contributed by atoms with van der Waals surface area (Å²) in [6.07, 6.45) is 3.18. The molecule has 9 heteroatoms. The number of rotatable bonds is 5. The molecule has 2 heterocycles. The minimum atomic E-state index is -0.417. The van der Waals surface area contributed by atoms with Gasteiger partial charge in [0.05, 0.1) is 10.0 Å². The van der Waals surface area contributed by atoms with Crippen LogP contribution in [0.4, 0.5) is 5.95 Å². The number of carbonyl (C=O) groups excluding carboxylic acids is 1. The average molecular weight is 378 g/mol. The molecular formula is C16H13Cl2N5O2. The number of carbonyl (C=O) groups is 1. The minimum absolute atomic E-state index is 0.0533. The summed E-state index contributed by atoms with van der Waals surface area (Å²) in [5.74, 6) is 0.166. The third-order valence-corrected chi connectivity index (χ3v) is 3.75. The summed E-state index contributed by atoms with van der Waals surface area (Å²) in [6, 6.07) is 8.37. The summed E-state index contributed by atoms with van der Waals surface area (Å²) in [5, 5.41) is 7.52. The number of benzene rings is 1. The van der Waals surface area contributed by atoms with Crippen molar-refractivity contribution in [2.75, 3.05) is 5.32 Å². The summed E-state index contributed by atoms with van der Waals surface area (Å²) in [5.41, 5.74) is 0.958. The van der Waals surface area contributed by atoms with E-state index < -0.39 is 5.91 Å². The molecule has 3 aromatic rings. The number of aryl methyl sites for hydroxylation is 1. The fourth-order valence-electron chi connectivity index (χ4n) is 1.98. The number of anilines is 1. The molecule has 0 radical (unpaired) electrons. The topological polar surface area (TPSA) is 81.9 Å². The molecule has 0 fully saturated rings. The van der Waals surface area contributed by atoms with E-state index in [9.17, 15) is 4.79 Å². The van der Waals surface area contributed by atoms with Crippen LogP contribution in [-0.2, 0) is 6.73 Å².